The number of amides is 1. The summed E-state index contributed by atoms with van der Waals surface area (Å²) in [4.78, 5) is 16.4. The molecule has 0 radical (unpaired) electrons. The zero-order chi connectivity index (χ0) is 15.0. The topological polar surface area (TPSA) is 32.3 Å². The Morgan fingerprint density at radius 2 is 2.10 bits per heavy atom. The summed E-state index contributed by atoms with van der Waals surface area (Å²) in [6, 6.07) is 4.23. The predicted molar refractivity (Wildman–Crippen MR) is 87.1 cm³/mol. The molecule has 116 valence electrons. The minimum absolute atomic E-state index is 0.0804. The molecule has 21 heavy (non-hydrogen) atoms. The second kappa shape index (κ2) is 5.73. The maximum absolute atomic E-state index is 13.1. The molecule has 0 bridgehead atoms. The van der Waals surface area contributed by atoms with Crippen LogP contribution in [0.25, 0.3) is 0 Å². The van der Waals surface area contributed by atoms with Crippen molar-refractivity contribution in [3.63, 3.8) is 0 Å². The molecule has 1 aromatic heterocycles. The quantitative estimate of drug-likeness (QED) is 0.918. The van der Waals surface area contributed by atoms with E-state index in [0.29, 0.717) is 17.7 Å². The SMILES string of the molecule is CC(C)C(C)CN1C(=O)C2(CCCC2)NC1c1cccs1. The first kappa shape index (κ1) is 15.0. The molecule has 1 N–H and O–H groups in total. The van der Waals surface area contributed by atoms with E-state index in [-0.39, 0.29) is 11.7 Å². The molecule has 2 atom stereocenters. The zero-order valence-electron chi connectivity index (χ0n) is 13.3. The van der Waals surface area contributed by atoms with Gasteiger partial charge in [0, 0.05) is 11.4 Å². The summed E-state index contributed by atoms with van der Waals surface area (Å²) >= 11 is 1.75. The molecular formula is C17H26N2OS. The van der Waals surface area contributed by atoms with Crippen molar-refractivity contribution in [1.82, 2.24) is 10.2 Å². The van der Waals surface area contributed by atoms with Crippen LogP contribution in [0.15, 0.2) is 17.5 Å². The molecule has 1 amide bonds. The van der Waals surface area contributed by atoms with Gasteiger partial charge in [0.25, 0.3) is 0 Å². The van der Waals surface area contributed by atoms with Crippen molar-refractivity contribution in [2.75, 3.05) is 6.54 Å². The Hall–Kier alpha value is -0.870. The Kier molecular flexibility index (Phi) is 4.10. The van der Waals surface area contributed by atoms with E-state index in [0.717, 1.165) is 19.4 Å². The first-order valence-electron chi connectivity index (χ1n) is 8.16. The summed E-state index contributed by atoms with van der Waals surface area (Å²) in [7, 11) is 0. The van der Waals surface area contributed by atoms with Gasteiger partial charge in [0.2, 0.25) is 5.91 Å². The van der Waals surface area contributed by atoms with E-state index >= 15 is 0 Å². The summed E-state index contributed by atoms with van der Waals surface area (Å²) in [6.07, 6.45) is 4.42. The van der Waals surface area contributed by atoms with Gasteiger partial charge in [-0.2, -0.15) is 0 Å². The fourth-order valence-electron chi connectivity index (χ4n) is 3.51. The van der Waals surface area contributed by atoms with Crippen LogP contribution in [0, 0.1) is 11.8 Å². The number of nitrogens with zero attached hydrogens (tertiary/aromatic N) is 1. The first-order chi connectivity index (χ1) is 10.0. The second-order valence-electron chi connectivity index (χ2n) is 7.03. The predicted octanol–water partition coefficient (Wildman–Crippen LogP) is 3.78. The van der Waals surface area contributed by atoms with Gasteiger partial charge in [0.1, 0.15) is 6.17 Å². The van der Waals surface area contributed by atoms with E-state index in [1.54, 1.807) is 11.3 Å². The molecule has 1 saturated carbocycles. The maximum Gasteiger partial charge on any atom is 0.244 e. The van der Waals surface area contributed by atoms with Crippen LogP contribution in [0.3, 0.4) is 0 Å². The number of carbonyl (C=O) groups excluding carboxylic acids is 1. The second-order valence-corrected chi connectivity index (χ2v) is 8.01. The molecule has 2 heterocycles. The number of nitrogens with one attached hydrogen (secondary N) is 1. The van der Waals surface area contributed by atoms with Crippen molar-refractivity contribution in [2.24, 2.45) is 11.8 Å². The molecule has 2 fully saturated rings. The lowest BCUT2D eigenvalue weighted by molar-refractivity contribution is -0.133. The van der Waals surface area contributed by atoms with Crippen LogP contribution in [0.2, 0.25) is 0 Å². The van der Waals surface area contributed by atoms with E-state index < -0.39 is 0 Å². The van der Waals surface area contributed by atoms with Gasteiger partial charge in [-0.05, 0) is 36.1 Å². The van der Waals surface area contributed by atoms with Gasteiger partial charge in [0.15, 0.2) is 0 Å². The zero-order valence-corrected chi connectivity index (χ0v) is 14.1. The Labute approximate surface area is 131 Å². The van der Waals surface area contributed by atoms with E-state index in [4.69, 9.17) is 0 Å². The molecule has 2 unspecified atom stereocenters. The third-order valence-electron chi connectivity index (χ3n) is 5.29. The highest BCUT2D eigenvalue weighted by Gasteiger charge is 2.52. The average molecular weight is 306 g/mol. The van der Waals surface area contributed by atoms with E-state index in [1.807, 2.05) is 0 Å². The molecule has 1 aliphatic heterocycles. The minimum atomic E-state index is -0.272. The van der Waals surface area contributed by atoms with Crippen molar-refractivity contribution in [2.45, 2.75) is 58.2 Å². The van der Waals surface area contributed by atoms with E-state index in [9.17, 15) is 4.79 Å². The van der Waals surface area contributed by atoms with Crippen LogP contribution >= 0.6 is 11.3 Å². The van der Waals surface area contributed by atoms with Crippen molar-refractivity contribution >= 4 is 17.2 Å². The summed E-state index contributed by atoms with van der Waals surface area (Å²) in [5, 5.41) is 5.80. The maximum atomic E-state index is 13.1. The van der Waals surface area contributed by atoms with Crippen LogP contribution in [-0.2, 0) is 4.79 Å². The molecule has 3 rings (SSSR count). The van der Waals surface area contributed by atoms with Gasteiger partial charge < -0.3 is 4.90 Å². The highest BCUT2D eigenvalue weighted by molar-refractivity contribution is 7.10. The van der Waals surface area contributed by atoms with Crippen molar-refractivity contribution < 1.29 is 4.79 Å². The lowest BCUT2D eigenvalue weighted by atomic mass is 9.95. The Bertz CT molecular complexity index is 491. The molecule has 1 aliphatic carbocycles. The van der Waals surface area contributed by atoms with Crippen LogP contribution in [0.4, 0.5) is 0 Å². The third kappa shape index (κ3) is 2.64. The van der Waals surface area contributed by atoms with Crippen LogP contribution in [-0.4, -0.2) is 22.9 Å². The average Bonchev–Trinajstić information content (AvgIpc) is 3.16. The fourth-order valence-corrected chi connectivity index (χ4v) is 4.30. The monoisotopic (exact) mass is 306 g/mol. The van der Waals surface area contributed by atoms with Gasteiger partial charge >= 0.3 is 0 Å². The highest BCUT2D eigenvalue weighted by Crippen LogP contribution is 2.42. The Balaban J connectivity index is 1.87. The molecule has 4 heteroatoms. The summed E-state index contributed by atoms with van der Waals surface area (Å²) in [6.45, 7) is 7.59. The smallest absolute Gasteiger partial charge is 0.244 e. The summed E-state index contributed by atoms with van der Waals surface area (Å²) in [5.41, 5.74) is -0.272. The van der Waals surface area contributed by atoms with Crippen LogP contribution in [0.1, 0.15) is 57.5 Å². The number of rotatable bonds is 4. The first-order valence-corrected chi connectivity index (χ1v) is 9.04. The number of hydrogen-bond donors (Lipinski definition) is 1. The molecule has 0 aromatic carbocycles. The van der Waals surface area contributed by atoms with Crippen molar-refractivity contribution in [3.05, 3.63) is 22.4 Å². The molecule has 1 aromatic rings. The van der Waals surface area contributed by atoms with Crippen molar-refractivity contribution in [1.29, 1.82) is 0 Å². The van der Waals surface area contributed by atoms with Crippen LogP contribution in [0.5, 0.6) is 0 Å². The highest BCUT2D eigenvalue weighted by atomic mass is 32.1. The largest absolute Gasteiger partial charge is 0.320 e. The molecule has 1 spiro atoms. The Morgan fingerprint density at radius 1 is 1.38 bits per heavy atom. The minimum Gasteiger partial charge on any atom is -0.320 e. The normalized spacial score (nSPS) is 26.2. The number of hydrogen-bond acceptors (Lipinski definition) is 3. The van der Waals surface area contributed by atoms with Crippen molar-refractivity contribution in [3.8, 4) is 0 Å². The van der Waals surface area contributed by atoms with Crippen LogP contribution < -0.4 is 5.32 Å². The molecular weight excluding hydrogens is 280 g/mol. The lowest BCUT2D eigenvalue weighted by Gasteiger charge is -2.28. The Morgan fingerprint density at radius 3 is 2.67 bits per heavy atom. The number of carbonyl (C=O) groups is 1. The third-order valence-corrected chi connectivity index (χ3v) is 6.21. The van der Waals surface area contributed by atoms with Gasteiger partial charge in [-0.1, -0.05) is 39.7 Å². The summed E-state index contributed by atoms with van der Waals surface area (Å²) in [5.74, 6) is 1.46. The van der Waals surface area contributed by atoms with E-state index in [1.165, 1.54) is 17.7 Å². The van der Waals surface area contributed by atoms with Gasteiger partial charge in [-0.25, -0.2) is 0 Å². The van der Waals surface area contributed by atoms with Gasteiger partial charge in [-0.15, -0.1) is 11.3 Å². The lowest BCUT2D eigenvalue weighted by Crippen LogP contribution is -2.44. The molecule has 2 aliphatic rings. The summed E-state index contributed by atoms with van der Waals surface area (Å²) < 4.78 is 0. The fraction of sp³-hybridized carbons (Fsp3) is 0.706. The van der Waals surface area contributed by atoms with E-state index in [2.05, 4.69) is 48.5 Å². The van der Waals surface area contributed by atoms with Gasteiger partial charge in [0.05, 0.1) is 5.54 Å². The van der Waals surface area contributed by atoms with Gasteiger partial charge in [-0.3, -0.25) is 10.1 Å². The molecule has 3 nitrogen and oxygen atoms in total. The molecule has 1 saturated heterocycles. The number of thiophene rings is 1. The standard InChI is InChI=1S/C17H26N2OS/c1-12(2)13(3)11-19-15(14-7-6-10-21-14)18-17(16(19)20)8-4-5-9-17/h6-7,10,12-13,15,18H,4-5,8-9,11H2,1-3H3.